The van der Waals surface area contributed by atoms with E-state index in [2.05, 4.69) is 84.2 Å². The van der Waals surface area contributed by atoms with Gasteiger partial charge in [0.05, 0.1) is 31.7 Å². The molecule has 354 valence electrons. The molecule has 0 spiro atoms. The van der Waals surface area contributed by atoms with Crippen LogP contribution in [0, 0.1) is 0 Å². The van der Waals surface area contributed by atoms with Crippen LogP contribution in [0.2, 0.25) is 0 Å². The summed E-state index contributed by atoms with van der Waals surface area (Å²) in [4.78, 5) is 22.4. The summed E-state index contributed by atoms with van der Waals surface area (Å²) >= 11 is 0. The first kappa shape index (κ1) is 56.0. The first-order chi connectivity index (χ1) is 31.4. The summed E-state index contributed by atoms with van der Waals surface area (Å²) in [5.41, 5.74) is -0.211. The van der Waals surface area contributed by atoms with Crippen LogP contribution in [-0.4, -0.2) is 26.4 Å². The lowest BCUT2D eigenvalue weighted by molar-refractivity contribution is -0.697. The second kappa shape index (κ2) is 39.2. The number of hydrogen-bond acceptors (Lipinski definition) is 3. The predicted molar refractivity (Wildman–Crippen MR) is 265 cm³/mol. The lowest BCUT2D eigenvalue weighted by Crippen LogP contribution is -2.32. The highest BCUT2D eigenvalue weighted by atomic mass is 32.2. The molecule has 2 aromatic heterocycles. The zero-order valence-electron chi connectivity index (χ0n) is 40.0. The average Bonchev–Trinajstić information content (AvgIpc) is 3.32. The van der Waals surface area contributed by atoms with Gasteiger partial charge in [-0.3, -0.25) is 0 Å². The van der Waals surface area contributed by atoms with E-state index in [1.165, 1.54) is 229 Å². The number of aryl methyl sites for hydroxylation is 2. The van der Waals surface area contributed by atoms with Crippen LogP contribution in [0.15, 0.2) is 120 Å². The van der Waals surface area contributed by atoms with E-state index < -0.39 is 22.7 Å². The molecule has 0 saturated carbocycles. The molecule has 0 aliphatic heterocycles. The molecule has 0 amide bonds. The van der Waals surface area contributed by atoms with Gasteiger partial charge in [-0.2, -0.15) is 0 Å². The smallest absolute Gasteiger partial charge is 0.336 e. The Balaban J connectivity index is 0.000000330. The maximum Gasteiger partial charge on any atom is 0.336 e. The van der Waals surface area contributed by atoms with Crippen molar-refractivity contribution in [2.75, 3.05) is 0 Å². The van der Waals surface area contributed by atoms with Crippen LogP contribution < -0.4 is 9.13 Å². The third-order valence-corrected chi connectivity index (χ3v) is 13.2. The van der Waals surface area contributed by atoms with Crippen molar-refractivity contribution in [3.63, 3.8) is 0 Å². The zero-order valence-corrected chi connectivity index (χ0v) is 40.8. The van der Waals surface area contributed by atoms with Crippen LogP contribution in [0.5, 0.6) is 0 Å². The van der Waals surface area contributed by atoms with E-state index in [9.17, 15) is 13.8 Å². The van der Waals surface area contributed by atoms with Gasteiger partial charge in [0.15, 0.2) is 24.8 Å². The van der Waals surface area contributed by atoms with Gasteiger partial charge in [-0.15, -0.1) is 0 Å². The first-order valence-corrected chi connectivity index (χ1v) is 26.5. The fourth-order valence-electron chi connectivity index (χ4n) is 7.87. The minimum absolute atomic E-state index is 0.0775. The van der Waals surface area contributed by atoms with Crippen LogP contribution in [0.3, 0.4) is 0 Å². The molecule has 0 radical (unpaired) electrons. The molecule has 0 bridgehead atoms. The van der Waals surface area contributed by atoms with E-state index in [4.69, 9.17) is 10.2 Å². The Bertz CT molecular complexity index is 1630. The number of carboxylic acid groups (broad SMARTS) is 2. The Hall–Kier alpha value is -4.17. The number of nitrogens with zero attached hydrogens (tertiary/aromatic N) is 2. The van der Waals surface area contributed by atoms with Crippen molar-refractivity contribution < 1.29 is 33.1 Å². The number of benzene rings is 2. The minimum atomic E-state index is -1.87. The first-order valence-electron chi connectivity index (χ1n) is 25.3. The molecule has 2 aromatic carbocycles. The molecular weight excluding hydrogens is 813 g/mol. The fourth-order valence-corrected chi connectivity index (χ4v) is 9.22. The summed E-state index contributed by atoms with van der Waals surface area (Å²) in [6, 6.07) is 24.3. The van der Waals surface area contributed by atoms with Gasteiger partial charge in [0.2, 0.25) is 0 Å². The van der Waals surface area contributed by atoms with Crippen LogP contribution in [0.25, 0.3) is 0 Å². The van der Waals surface area contributed by atoms with Crippen LogP contribution in [-0.2, 0) is 23.9 Å². The normalized spacial score (nSPS) is 10.8. The fraction of sp³-hybridized carbons (Fsp3) is 0.571. The quantitative estimate of drug-likeness (QED) is 0.0359. The summed E-state index contributed by atoms with van der Waals surface area (Å²) < 4.78 is 17.1. The largest absolute Gasteiger partial charge is 0.478 e. The molecule has 64 heavy (non-hydrogen) atoms. The van der Waals surface area contributed by atoms with E-state index in [0.29, 0.717) is 0 Å². The van der Waals surface area contributed by atoms with Gasteiger partial charge in [0.25, 0.3) is 0 Å². The number of pyridine rings is 2. The number of carbonyl (C=O) groups is 2. The van der Waals surface area contributed by atoms with Crippen LogP contribution in [0.4, 0.5) is 0 Å². The molecule has 2 N–H and O–H groups in total. The van der Waals surface area contributed by atoms with Crippen molar-refractivity contribution in [2.45, 2.75) is 217 Å². The van der Waals surface area contributed by atoms with Gasteiger partial charge in [0.1, 0.15) is 13.1 Å². The average molecular weight is 899 g/mol. The summed E-state index contributed by atoms with van der Waals surface area (Å²) in [5.74, 6) is -2.41. The van der Waals surface area contributed by atoms with Gasteiger partial charge in [-0.05, 0) is 37.1 Å². The Morgan fingerprint density at radius 2 is 0.625 bits per heavy atom. The second-order valence-electron chi connectivity index (χ2n) is 17.3. The second-order valence-corrected chi connectivity index (χ2v) is 18.7. The molecule has 8 heteroatoms. The number of unbranched alkanes of at least 4 members (excludes halogenated alkanes) is 26. The van der Waals surface area contributed by atoms with E-state index in [-0.39, 0.29) is 20.9 Å². The summed E-state index contributed by atoms with van der Waals surface area (Å²) in [5, 5.41) is 18.2. The molecule has 0 aliphatic rings. The Labute approximate surface area is 391 Å². The number of aromatic carboxylic acids is 2. The van der Waals surface area contributed by atoms with E-state index in [1.54, 1.807) is 12.1 Å². The van der Waals surface area contributed by atoms with E-state index >= 15 is 0 Å². The summed E-state index contributed by atoms with van der Waals surface area (Å²) in [7, 11) is -1.87. The SMILES string of the molecule is CCCCCCCCCCCCCCCC[n+]1ccccc1.CCCCCCCCCCCCCCCC[n+]1ccccc1.O=C(O)c1ccccc1S(=O)c1ccccc1C(=O)O. The number of carboxylic acids is 2. The molecule has 2 heterocycles. The van der Waals surface area contributed by atoms with Crippen molar-refractivity contribution in [3.8, 4) is 0 Å². The van der Waals surface area contributed by atoms with Gasteiger partial charge in [-0.1, -0.05) is 204 Å². The lowest BCUT2D eigenvalue weighted by atomic mass is 10.0. The molecular formula is C56H86N2O5S+2. The molecule has 0 saturated heterocycles. The summed E-state index contributed by atoms with van der Waals surface area (Å²) in [6.45, 7) is 6.94. The van der Waals surface area contributed by atoms with Crippen LogP contribution >= 0.6 is 0 Å². The van der Waals surface area contributed by atoms with Gasteiger partial charge in [0, 0.05) is 37.1 Å². The summed E-state index contributed by atoms with van der Waals surface area (Å²) in [6.07, 6.45) is 48.8. The Morgan fingerprint density at radius 3 is 0.891 bits per heavy atom. The van der Waals surface area contributed by atoms with Crippen molar-refractivity contribution in [1.82, 2.24) is 0 Å². The highest BCUT2D eigenvalue weighted by Crippen LogP contribution is 2.23. The maximum absolute atomic E-state index is 12.5. The van der Waals surface area contributed by atoms with Gasteiger partial charge >= 0.3 is 11.9 Å². The molecule has 0 fully saturated rings. The monoisotopic (exact) mass is 899 g/mol. The van der Waals surface area contributed by atoms with Crippen molar-refractivity contribution in [2.24, 2.45) is 0 Å². The lowest BCUT2D eigenvalue weighted by Gasteiger charge is -2.08. The molecule has 0 aliphatic carbocycles. The Morgan fingerprint density at radius 1 is 0.375 bits per heavy atom. The Kier molecular flexibility index (Phi) is 34.3. The topological polar surface area (TPSA) is 99.4 Å². The number of hydrogen-bond donors (Lipinski definition) is 2. The van der Waals surface area contributed by atoms with Crippen molar-refractivity contribution in [3.05, 3.63) is 121 Å². The van der Waals surface area contributed by atoms with Crippen molar-refractivity contribution >= 4 is 22.7 Å². The molecule has 4 rings (SSSR count). The van der Waals surface area contributed by atoms with Crippen LogP contribution in [0.1, 0.15) is 214 Å². The maximum atomic E-state index is 12.5. The molecule has 0 atom stereocenters. The van der Waals surface area contributed by atoms with Gasteiger partial charge in [-0.25, -0.2) is 22.9 Å². The predicted octanol–water partition coefficient (Wildman–Crippen LogP) is 15.2. The number of aromatic nitrogens is 2. The minimum Gasteiger partial charge on any atom is -0.478 e. The molecule has 7 nitrogen and oxygen atoms in total. The highest BCUT2D eigenvalue weighted by Gasteiger charge is 2.20. The van der Waals surface area contributed by atoms with E-state index in [0.717, 1.165) is 0 Å². The van der Waals surface area contributed by atoms with E-state index in [1.807, 2.05) is 0 Å². The zero-order chi connectivity index (χ0) is 46.1. The standard InChI is InChI=1S/2C21H38N.C14H10O5S/c2*1-2-3-4-5-6-7-8-9-10-11-12-13-14-16-19-22-20-17-15-18-21-22;15-13(16)9-5-1-3-7-11(9)20(19)12-8-4-2-6-10(12)14(17)18/h2*15,17-18,20-21H,2-14,16,19H2,1H3;1-8H,(H,15,16)(H,17,18)/q2*+1;. The van der Waals surface area contributed by atoms with Gasteiger partial charge < -0.3 is 10.2 Å². The van der Waals surface area contributed by atoms with Crippen molar-refractivity contribution in [1.29, 1.82) is 0 Å². The third kappa shape index (κ3) is 27.9. The highest BCUT2D eigenvalue weighted by molar-refractivity contribution is 7.85. The molecule has 0 unspecified atom stereocenters. The third-order valence-electron chi connectivity index (χ3n) is 11.7. The number of rotatable bonds is 34. The molecule has 4 aromatic rings.